The predicted molar refractivity (Wildman–Crippen MR) is 81.4 cm³/mol. The highest BCUT2D eigenvalue weighted by molar-refractivity contribution is 5.21. The van der Waals surface area contributed by atoms with Crippen LogP contribution in [-0.2, 0) is 0 Å². The number of rotatable bonds is 5. The van der Waals surface area contributed by atoms with E-state index in [1.165, 1.54) is 51.7 Å². The smallest absolute Gasteiger partial charge is 0.00156 e. The van der Waals surface area contributed by atoms with Gasteiger partial charge < -0.3 is 4.90 Å². The lowest BCUT2D eigenvalue weighted by Crippen LogP contribution is -2.40. The molecular formula is C18H27N. The van der Waals surface area contributed by atoms with Crippen LogP contribution in [0.15, 0.2) is 30.3 Å². The quantitative estimate of drug-likeness (QED) is 0.760. The first-order chi connectivity index (χ1) is 9.36. The zero-order valence-corrected chi connectivity index (χ0v) is 12.2. The van der Waals surface area contributed by atoms with Gasteiger partial charge in [-0.2, -0.15) is 0 Å². The fourth-order valence-electron chi connectivity index (χ4n) is 3.74. The Morgan fingerprint density at radius 2 is 1.89 bits per heavy atom. The second-order valence-electron chi connectivity index (χ2n) is 6.56. The maximum absolute atomic E-state index is 2.75. The first-order valence-corrected chi connectivity index (χ1v) is 8.14. The molecule has 2 aliphatic rings. The maximum Gasteiger partial charge on any atom is 0.00156 e. The molecule has 1 aliphatic carbocycles. The maximum atomic E-state index is 2.75. The second kappa shape index (κ2) is 6.09. The molecule has 0 bridgehead atoms. The van der Waals surface area contributed by atoms with Gasteiger partial charge in [-0.25, -0.2) is 0 Å². The Balaban J connectivity index is 1.66. The van der Waals surface area contributed by atoms with Crippen LogP contribution in [-0.4, -0.2) is 24.5 Å². The number of hydrogen-bond donors (Lipinski definition) is 0. The van der Waals surface area contributed by atoms with E-state index in [1.807, 2.05) is 0 Å². The summed E-state index contributed by atoms with van der Waals surface area (Å²) in [4.78, 5) is 2.75. The third-order valence-electron chi connectivity index (χ3n) is 4.92. The first kappa shape index (κ1) is 13.2. The van der Waals surface area contributed by atoms with Gasteiger partial charge in [0.25, 0.3) is 0 Å². The lowest BCUT2D eigenvalue weighted by atomic mass is 9.78. The van der Waals surface area contributed by atoms with Crippen LogP contribution in [0.25, 0.3) is 0 Å². The summed E-state index contributed by atoms with van der Waals surface area (Å²) in [5.74, 6) is 2.71. The molecule has 2 atom stereocenters. The normalized spacial score (nSPS) is 28.5. The highest BCUT2D eigenvalue weighted by atomic mass is 15.1. The molecule has 104 valence electrons. The SMILES string of the molecule is CCC[C@@H]1CN(CC2CC2)CCC1c1ccccc1. The topological polar surface area (TPSA) is 3.24 Å². The van der Waals surface area contributed by atoms with Crippen molar-refractivity contribution in [3.63, 3.8) is 0 Å². The van der Waals surface area contributed by atoms with E-state index >= 15 is 0 Å². The molecular weight excluding hydrogens is 230 g/mol. The van der Waals surface area contributed by atoms with Gasteiger partial charge in [0.2, 0.25) is 0 Å². The van der Waals surface area contributed by atoms with E-state index in [0.29, 0.717) is 0 Å². The molecule has 0 N–H and O–H groups in total. The van der Waals surface area contributed by atoms with Crippen LogP contribution in [0.2, 0.25) is 0 Å². The van der Waals surface area contributed by atoms with E-state index in [4.69, 9.17) is 0 Å². The number of piperidine rings is 1. The molecule has 19 heavy (non-hydrogen) atoms. The number of benzene rings is 1. The van der Waals surface area contributed by atoms with Crippen LogP contribution in [0.3, 0.4) is 0 Å². The highest BCUT2D eigenvalue weighted by Crippen LogP contribution is 2.37. The standard InChI is InChI=1S/C18H27N/c1-2-6-17-14-19(13-15-9-10-15)12-11-18(17)16-7-4-3-5-8-16/h3-5,7-8,15,17-18H,2,6,9-14H2,1H3/t17-,18?/m1/s1. The van der Waals surface area contributed by atoms with Gasteiger partial charge in [0.05, 0.1) is 0 Å². The predicted octanol–water partition coefficient (Wildman–Crippen LogP) is 4.30. The van der Waals surface area contributed by atoms with Crippen LogP contribution in [0, 0.1) is 11.8 Å². The van der Waals surface area contributed by atoms with E-state index in [1.54, 1.807) is 5.56 Å². The molecule has 1 saturated carbocycles. The minimum atomic E-state index is 0.802. The van der Waals surface area contributed by atoms with Gasteiger partial charge in [0.15, 0.2) is 0 Å². The first-order valence-electron chi connectivity index (χ1n) is 8.14. The molecule has 0 amide bonds. The van der Waals surface area contributed by atoms with Crippen molar-refractivity contribution >= 4 is 0 Å². The third-order valence-corrected chi connectivity index (χ3v) is 4.92. The third kappa shape index (κ3) is 3.39. The van der Waals surface area contributed by atoms with Crippen LogP contribution in [0.5, 0.6) is 0 Å². The molecule has 1 heteroatoms. The Morgan fingerprint density at radius 3 is 2.58 bits per heavy atom. The molecule has 0 radical (unpaired) electrons. The molecule has 2 fully saturated rings. The molecule has 3 rings (SSSR count). The van der Waals surface area contributed by atoms with Gasteiger partial charge >= 0.3 is 0 Å². The van der Waals surface area contributed by atoms with Gasteiger partial charge in [-0.05, 0) is 55.5 Å². The molecule has 1 heterocycles. The zero-order valence-electron chi connectivity index (χ0n) is 12.2. The summed E-state index contributed by atoms with van der Waals surface area (Å²) >= 11 is 0. The average molecular weight is 257 g/mol. The largest absolute Gasteiger partial charge is 0.303 e. The molecule has 1 unspecified atom stereocenters. The van der Waals surface area contributed by atoms with Crippen molar-refractivity contribution in [1.82, 2.24) is 4.90 Å². The van der Waals surface area contributed by atoms with Crippen molar-refractivity contribution < 1.29 is 0 Å². The van der Waals surface area contributed by atoms with Crippen molar-refractivity contribution in [3.05, 3.63) is 35.9 Å². The Kier molecular flexibility index (Phi) is 4.22. The molecule has 1 nitrogen and oxygen atoms in total. The van der Waals surface area contributed by atoms with Crippen molar-refractivity contribution in [1.29, 1.82) is 0 Å². The van der Waals surface area contributed by atoms with Gasteiger partial charge in [-0.1, -0.05) is 43.7 Å². The van der Waals surface area contributed by atoms with Gasteiger partial charge in [-0.15, -0.1) is 0 Å². The number of nitrogens with zero attached hydrogens (tertiary/aromatic N) is 1. The molecule has 1 aliphatic heterocycles. The zero-order chi connectivity index (χ0) is 13.1. The number of hydrogen-bond acceptors (Lipinski definition) is 1. The Morgan fingerprint density at radius 1 is 1.11 bits per heavy atom. The Bertz CT molecular complexity index is 382. The summed E-state index contributed by atoms with van der Waals surface area (Å²) in [7, 11) is 0. The summed E-state index contributed by atoms with van der Waals surface area (Å²) in [6.45, 7) is 6.36. The summed E-state index contributed by atoms with van der Waals surface area (Å²) < 4.78 is 0. The molecule has 1 aromatic carbocycles. The summed E-state index contributed by atoms with van der Waals surface area (Å²) in [6.07, 6.45) is 7.04. The van der Waals surface area contributed by atoms with Crippen LogP contribution >= 0.6 is 0 Å². The van der Waals surface area contributed by atoms with E-state index in [0.717, 1.165) is 17.8 Å². The minimum absolute atomic E-state index is 0.802. The van der Waals surface area contributed by atoms with Crippen LogP contribution in [0.1, 0.15) is 50.5 Å². The second-order valence-corrected chi connectivity index (χ2v) is 6.56. The fraction of sp³-hybridized carbons (Fsp3) is 0.667. The van der Waals surface area contributed by atoms with Crippen molar-refractivity contribution in [2.24, 2.45) is 11.8 Å². The van der Waals surface area contributed by atoms with Gasteiger partial charge in [0, 0.05) is 13.1 Å². The number of likely N-dealkylation sites (tertiary alicyclic amines) is 1. The van der Waals surface area contributed by atoms with Crippen molar-refractivity contribution in [2.45, 2.75) is 44.9 Å². The average Bonchev–Trinajstić information content (AvgIpc) is 3.24. The monoisotopic (exact) mass is 257 g/mol. The molecule has 0 aromatic heterocycles. The van der Waals surface area contributed by atoms with E-state index in [2.05, 4.69) is 42.2 Å². The van der Waals surface area contributed by atoms with E-state index in [9.17, 15) is 0 Å². The molecule has 1 saturated heterocycles. The van der Waals surface area contributed by atoms with Gasteiger partial charge in [0.1, 0.15) is 0 Å². The summed E-state index contributed by atoms with van der Waals surface area (Å²) in [6, 6.07) is 11.2. The van der Waals surface area contributed by atoms with Crippen LogP contribution < -0.4 is 0 Å². The Hall–Kier alpha value is -0.820. The summed E-state index contributed by atoms with van der Waals surface area (Å²) in [5, 5.41) is 0. The molecule has 1 aromatic rings. The molecule has 0 spiro atoms. The lowest BCUT2D eigenvalue weighted by Gasteiger charge is -2.39. The lowest BCUT2D eigenvalue weighted by molar-refractivity contribution is 0.141. The van der Waals surface area contributed by atoms with Gasteiger partial charge in [-0.3, -0.25) is 0 Å². The van der Waals surface area contributed by atoms with Crippen molar-refractivity contribution in [3.8, 4) is 0 Å². The van der Waals surface area contributed by atoms with Crippen LogP contribution in [0.4, 0.5) is 0 Å². The van der Waals surface area contributed by atoms with Crippen molar-refractivity contribution in [2.75, 3.05) is 19.6 Å². The van der Waals surface area contributed by atoms with E-state index in [-0.39, 0.29) is 0 Å². The minimum Gasteiger partial charge on any atom is -0.303 e. The Labute approximate surface area is 118 Å². The fourth-order valence-corrected chi connectivity index (χ4v) is 3.74. The summed E-state index contributed by atoms with van der Waals surface area (Å²) in [5.41, 5.74) is 1.58. The highest BCUT2D eigenvalue weighted by Gasteiger charge is 2.32. The van der Waals surface area contributed by atoms with E-state index < -0.39 is 0 Å².